The highest BCUT2D eigenvalue weighted by Gasteiger charge is 2.29. The molecule has 0 fully saturated rings. The molecule has 4 heteroatoms. The van der Waals surface area contributed by atoms with Gasteiger partial charge < -0.3 is 17.9 Å². The van der Waals surface area contributed by atoms with E-state index >= 15 is 0 Å². The van der Waals surface area contributed by atoms with Gasteiger partial charge in [-0.25, -0.2) is 0 Å². The van der Waals surface area contributed by atoms with Crippen molar-refractivity contribution in [2.75, 3.05) is 0 Å². The minimum absolute atomic E-state index is 1.16. The Hall–Kier alpha value is -7.04. The second-order valence-corrected chi connectivity index (χ2v) is 14.1. The van der Waals surface area contributed by atoms with Crippen LogP contribution in [0.3, 0.4) is 0 Å². The quantitative estimate of drug-likeness (QED) is 0.164. The second kappa shape index (κ2) is 9.39. The van der Waals surface area contributed by atoms with Crippen LogP contribution in [0.4, 0.5) is 0 Å². The molecule has 0 unspecified atom stereocenters. The molecular weight excluding hydrogens is 633 g/mol. The summed E-state index contributed by atoms with van der Waals surface area (Å²) >= 11 is 0. The fraction of sp³-hybridized carbons (Fsp3) is 0. The summed E-state index contributed by atoms with van der Waals surface area (Å²) in [4.78, 5) is 0. The molecular formula is C48H28N4. The smallest absolute Gasteiger partial charge is 0.0960 e. The van der Waals surface area contributed by atoms with E-state index in [4.69, 9.17) is 0 Å². The first-order valence-corrected chi connectivity index (χ1v) is 18.0. The molecule has 5 heterocycles. The number of hydrogen-bond acceptors (Lipinski definition) is 0. The molecule has 0 saturated heterocycles. The van der Waals surface area contributed by atoms with Gasteiger partial charge in [-0.2, -0.15) is 0 Å². The SMILES string of the molecule is c1ccc(-n2c3ccccc3c3cc4c5ccccc5n5c4c(c32)n2c3ccccc3c3cc4c6ccccc6n(-c6ccccc6)c4c5c32)cc1. The number of nitrogens with zero attached hydrogens (tertiary/aromatic N) is 4. The van der Waals surface area contributed by atoms with Crippen molar-refractivity contribution in [2.45, 2.75) is 0 Å². The van der Waals surface area contributed by atoms with Crippen molar-refractivity contribution in [3.8, 4) is 11.4 Å². The van der Waals surface area contributed by atoms with E-state index in [1.807, 2.05) is 0 Å². The molecule has 13 aromatic rings. The van der Waals surface area contributed by atoms with Crippen LogP contribution >= 0.6 is 0 Å². The third-order valence-electron chi connectivity index (χ3n) is 11.6. The van der Waals surface area contributed by atoms with Crippen LogP contribution in [0.25, 0.3) is 110 Å². The molecule has 5 aromatic heterocycles. The molecule has 13 rings (SSSR count). The van der Waals surface area contributed by atoms with E-state index in [2.05, 4.69) is 188 Å². The predicted octanol–water partition coefficient (Wildman–Crippen LogP) is 12.4. The van der Waals surface area contributed by atoms with E-state index in [1.165, 1.54) is 98.3 Å². The number of hydrogen-bond donors (Lipinski definition) is 0. The van der Waals surface area contributed by atoms with Gasteiger partial charge >= 0.3 is 0 Å². The summed E-state index contributed by atoms with van der Waals surface area (Å²) in [5, 5.41) is 10.1. The lowest BCUT2D eigenvalue weighted by atomic mass is 10.1. The van der Waals surface area contributed by atoms with Crippen LogP contribution in [0.15, 0.2) is 170 Å². The first-order valence-electron chi connectivity index (χ1n) is 18.0. The van der Waals surface area contributed by atoms with Crippen molar-refractivity contribution in [3.05, 3.63) is 170 Å². The Morgan fingerprint density at radius 3 is 0.942 bits per heavy atom. The first kappa shape index (κ1) is 26.8. The molecule has 0 N–H and O–H groups in total. The van der Waals surface area contributed by atoms with Gasteiger partial charge in [0.1, 0.15) is 0 Å². The molecule has 0 bridgehead atoms. The second-order valence-electron chi connectivity index (χ2n) is 14.1. The zero-order valence-corrected chi connectivity index (χ0v) is 28.0. The summed E-state index contributed by atoms with van der Waals surface area (Å²) in [6, 6.07) is 62.5. The van der Waals surface area contributed by atoms with Gasteiger partial charge in [-0.15, -0.1) is 0 Å². The van der Waals surface area contributed by atoms with Crippen molar-refractivity contribution in [1.29, 1.82) is 0 Å². The number of aromatic nitrogens is 4. The van der Waals surface area contributed by atoms with Crippen molar-refractivity contribution in [2.24, 2.45) is 0 Å². The zero-order valence-electron chi connectivity index (χ0n) is 28.0. The minimum atomic E-state index is 1.16. The third-order valence-corrected chi connectivity index (χ3v) is 11.6. The number of rotatable bonds is 2. The van der Waals surface area contributed by atoms with Crippen LogP contribution in [-0.4, -0.2) is 17.9 Å². The molecule has 0 spiro atoms. The van der Waals surface area contributed by atoms with Crippen LogP contribution in [0, 0.1) is 0 Å². The molecule has 0 saturated carbocycles. The molecule has 0 aliphatic carbocycles. The van der Waals surface area contributed by atoms with Gasteiger partial charge in [0.25, 0.3) is 0 Å². The van der Waals surface area contributed by atoms with Crippen molar-refractivity contribution >= 4 is 98.3 Å². The van der Waals surface area contributed by atoms with E-state index in [0.717, 1.165) is 11.4 Å². The van der Waals surface area contributed by atoms with Gasteiger partial charge in [0, 0.05) is 54.5 Å². The lowest BCUT2D eigenvalue weighted by Crippen LogP contribution is -2.03. The normalized spacial score (nSPS) is 12.6. The highest BCUT2D eigenvalue weighted by atomic mass is 15.1. The van der Waals surface area contributed by atoms with Gasteiger partial charge in [-0.3, -0.25) is 0 Å². The minimum Gasteiger partial charge on any atom is -0.307 e. The molecule has 0 amide bonds. The van der Waals surface area contributed by atoms with Gasteiger partial charge in [0.05, 0.1) is 55.2 Å². The Labute approximate surface area is 296 Å². The maximum Gasteiger partial charge on any atom is 0.0960 e. The molecule has 0 radical (unpaired) electrons. The Balaban J connectivity index is 1.45. The lowest BCUT2D eigenvalue weighted by Gasteiger charge is -2.17. The zero-order chi connectivity index (χ0) is 33.7. The summed E-state index contributed by atoms with van der Waals surface area (Å²) < 4.78 is 10.2. The highest BCUT2D eigenvalue weighted by molar-refractivity contribution is 6.33. The topological polar surface area (TPSA) is 18.7 Å². The van der Waals surface area contributed by atoms with Crippen molar-refractivity contribution < 1.29 is 0 Å². The highest BCUT2D eigenvalue weighted by Crippen LogP contribution is 2.49. The maximum absolute atomic E-state index is 2.61. The Kier molecular flexibility index (Phi) is 4.83. The summed E-state index contributed by atoms with van der Waals surface area (Å²) in [5.41, 5.74) is 14.5. The van der Waals surface area contributed by atoms with E-state index in [-0.39, 0.29) is 0 Å². The number of fused-ring (bicyclic) bond motifs is 16. The summed E-state index contributed by atoms with van der Waals surface area (Å²) in [7, 11) is 0. The number of para-hydroxylation sites is 6. The van der Waals surface area contributed by atoms with Gasteiger partial charge in [0.15, 0.2) is 0 Å². The van der Waals surface area contributed by atoms with E-state index in [0.29, 0.717) is 0 Å². The largest absolute Gasteiger partial charge is 0.307 e. The third kappa shape index (κ3) is 3.07. The molecule has 4 nitrogen and oxygen atoms in total. The standard InChI is InChI=1S/C48H28N4/c1-3-15-29(16-4-1)49-39-23-11-7-19-31(39)35-27-37-33-21-10-14-26-42(33)52-45(37)47(43(35)49)51-41-25-13-9-22-34(41)38-28-36-32-20-8-12-24-40(32)50(30-17-5-2-6-18-30)44(36)48(52)46(38)51/h1-28H. The maximum atomic E-state index is 2.61. The average Bonchev–Trinajstić information content (AvgIpc) is 3.93. The van der Waals surface area contributed by atoms with E-state index in [1.54, 1.807) is 0 Å². The fourth-order valence-electron chi connectivity index (χ4n) is 9.67. The molecule has 0 atom stereocenters. The monoisotopic (exact) mass is 660 g/mol. The van der Waals surface area contributed by atoms with Crippen LogP contribution in [0.1, 0.15) is 0 Å². The lowest BCUT2D eigenvalue weighted by molar-refractivity contribution is 1.16. The van der Waals surface area contributed by atoms with Crippen molar-refractivity contribution in [3.63, 3.8) is 0 Å². The summed E-state index contributed by atoms with van der Waals surface area (Å²) in [5.74, 6) is 0. The summed E-state index contributed by atoms with van der Waals surface area (Å²) in [6.45, 7) is 0. The Morgan fingerprint density at radius 1 is 0.231 bits per heavy atom. The van der Waals surface area contributed by atoms with Gasteiger partial charge in [-0.05, 0) is 60.7 Å². The molecule has 240 valence electrons. The average molecular weight is 661 g/mol. The molecule has 0 aliphatic rings. The Morgan fingerprint density at radius 2 is 0.538 bits per heavy atom. The van der Waals surface area contributed by atoms with Crippen LogP contribution < -0.4 is 0 Å². The predicted molar refractivity (Wildman–Crippen MR) is 218 cm³/mol. The van der Waals surface area contributed by atoms with Crippen LogP contribution in [0.5, 0.6) is 0 Å². The molecule has 52 heavy (non-hydrogen) atoms. The van der Waals surface area contributed by atoms with Gasteiger partial charge in [-0.1, -0.05) is 109 Å². The summed E-state index contributed by atoms with van der Waals surface area (Å²) in [6.07, 6.45) is 0. The Bertz CT molecular complexity index is 3370. The van der Waals surface area contributed by atoms with Gasteiger partial charge in [0.2, 0.25) is 0 Å². The van der Waals surface area contributed by atoms with Crippen LogP contribution in [0.2, 0.25) is 0 Å². The molecule has 0 aliphatic heterocycles. The van der Waals surface area contributed by atoms with E-state index < -0.39 is 0 Å². The fourth-order valence-corrected chi connectivity index (χ4v) is 9.67. The molecule has 8 aromatic carbocycles. The van der Waals surface area contributed by atoms with Crippen molar-refractivity contribution in [1.82, 2.24) is 17.9 Å². The first-order chi connectivity index (χ1) is 25.9. The van der Waals surface area contributed by atoms with Crippen LogP contribution in [-0.2, 0) is 0 Å². The number of benzene rings is 8. The van der Waals surface area contributed by atoms with E-state index in [9.17, 15) is 0 Å².